The van der Waals surface area contributed by atoms with Crippen LogP contribution < -0.4 is 10.6 Å². The Balaban J connectivity index is 1.23. The van der Waals surface area contributed by atoms with Crippen molar-refractivity contribution in [2.75, 3.05) is 24.2 Å². The number of hydrogen-bond donors (Lipinski definition) is 4. The summed E-state index contributed by atoms with van der Waals surface area (Å²) < 4.78 is 30.1. The monoisotopic (exact) mass is 512 g/mol. The van der Waals surface area contributed by atoms with E-state index in [0.29, 0.717) is 47.5 Å². The van der Waals surface area contributed by atoms with Gasteiger partial charge in [0.2, 0.25) is 5.95 Å². The number of halogens is 2. The lowest BCUT2D eigenvalue weighted by Gasteiger charge is -2.58. The molecule has 5 aliphatic rings. The molecule has 5 fully saturated rings. The second kappa shape index (κ2) is 8.10. The number of nitrogens with zero attached hydrogens (tertiary/aromatic N) is 5. The number of anilines is 3. The van der Waals surface area contributed by atoms with E-state index in [9.17, 15) is 13.9 Å². The van der Waals surface area contributed by atoms with Gasteiger partial charge in [-0.15, -0.1) is 0 Å². The molecule has 3 aromatic heterocycles. The van der Waals surface area contributed by atoms with E-state index in [4.69, 9.17) is 9.97 Å². The van der Waals surface area contributed by atoms with Gasteiger partial charge in [-0.2, -0.15) is 15.1 Å². The lowest BCUT2D eigenvalue weighted by atomic mass is 9.52. The maximum absolute atomic E-state index is 14.1. The zero-order chi connectivity index (χ0) is 25.5. The van der Waals surface area contributed by atoms with Crippen molar-refractivity contribution >= 4 is 28.6 Å². The van der Waals surface area contributed by atoms with Gasteiger partial charge in [0.25, 0.3) is 5.92 Å². The van der Waals surface area contributed by atoms with Gasteiger partial charge >= 0.3 is 0 Å². The third-order valence-corrected chi connectivity index (χ3v) is 9.15. The van der Waals surface area contributed by atoms with Gasteiger partial charge in [0.15, 0.2) is 5.82 Å². The summed E-state index contributed by atoms with van der Waals surface area (Å²) in [6, 6.07) is 3.80. The molecule has 4 bridgehead atoms. The molecule has 1 aliphatic heterocycles. The highest BCUT2D eigenvalue weighted by Gasteiger charge is 2.55. The summed E-state index contributed by atoms with van der Waals surface area (Å²) in [5.41, 5.74) is 1.13. The molecule has 4 aliphatic carbocycles. The minimum atomic E-state index is -2.67. The molecule has 4 heterocycles. The van der Waals surface area contributed by atoms with E-state index in [2.05, 4.69) is 20.8 Å². The standard InChI is InChI=1S/C26H34F2N8O/c1-14-5-20(34-33-14)29-22-19-3-4-36(12-18-11-26(27,28)13-35(18)2)23(19)32-24(31-22)30-21-16-6-15-7-17(21)10-25(37,8-15)9-16/h3-5,15-18,21,37H,6-13H2,1-2H3,(H3,29,30,31,32,33,34). The molecular formula is C26H34F2N8O. The van der Waals surface area contributed by atoms with Crippen molar-refractivity contribution in [2.45, 2.75) is 75.6 Å². The third-order valence-electron chi connectivity index (χ3n) is 9.15. The summed E-state index contributed by atoms with van der Waals surface area (Å²) in [4.78, 5) is 11.5. The second-order valence-corrected chi connectivity index (χ2v) is 12.2. The Morgan fingerprint density at radius 1 is 1.16 bits per heavy atom. The van der Waals surface area contributed by atoms with Crippen LogP contribution in [0.3, 0.4) is 0 Å². The molecule has 4 N–H and O–H groups in total. The van der Waals surface area contributed by atoms with E-state index in [1.54, 1.807) is 11.9 Å². The number of aryl methyl sites for hydroxylation is 1. The Labute approximate surface area is 214 Å². The quantitative estimate of drug-likeness (QED) is 0.397. The minimum absolute atomic E-state index is 0.160. The van der Waals surface area contributed by atoms with Gasteiger partial charge in [0.1, 0.15) is 11.5 Å². The molecule has 3 unspecified atom stereocenters. The first-order valence-corrected chi connectivity index (χ1v) is 13.4. The average molecular weight is 513 g/mol. The van der Waals surface area contributed by atoms with Crippen LogP contribution in [0.4, 0.5) is 26.4 Å². The summed E-state index contributed by atoms with van der Waals surface area (Å²) in [7, 11) is 1.76. The second-order valence-electron chi connectivity index (χ2n) is 12.2. The van der Waals surface area contributed by atoms with Gasteiger partial charge in [0, 0.05) is 43.0 Å². The van der Waals surface area contributed by atoms with E-state index in [-0.39, 0.29) is 25.0 Å². The summed E-state index contributed by atoms with van der Waals surface area (Å²) in [6.07, 6.45) is 6.62. The third kappa shape index (κ3) is 4.16. The van der Waals surface area contributed by atoms with E-state index >= 15 is 0 Å². The molecular weight excluding hydrogens is 478 g/mol. The fourth-order valence-electron chi connectivity index (χ4n) is 7.83. The van der Waals surface area contributed by atoms with Gasteiger partial charge in [-0.1, -0.05) is 0 Å². The first kappa shape index (κ1) is 23.3. The van der Waals surface area contributed by atoms with Crippen LogP contribution in [-0.4, -0.2) is 71.9 Å². The molecule has 8 rings (SSSR count). The fraction of sp³-hybridized carbons (Fsp3) is 0.654. The number of H-pyrrole nitrogens is 1. The summed E-state index contributed by atoms with van der Waals surface area (Å²) >= 11 is 0. The van der Waals surface area contributed by atoms with E-state index in [1.165, 1.54) is 0 Å². The van der Waals surface area contributed by atoms with Crippen molar-refractivity contribution in [3.8, 4) is 0 Å². The lowest BCUT2D eigenvalue weighted by molar-refractivity contribution is -0.129. The fourth-order valence-corrected chi connectivity index (χ4v) is 7.83. The van der Waals surface area contributed by atoms with Crippen molar-refractivity contribution in [2.24, 2.45) is 17.8 Å². The Kier molecular flexibility index (Phi) is 5.11. The number of likely N-dealkylation sites (N-methyl/N-ethyl adjacent to an activating group) is 1. The highest BCUT2D eigenvalue weighted by molar-refractivity contribution is 5.90. The number of hydrogen-bond acceptors (Lipinski definition) is 7. The summed E-state index contributed by atoms with van der Waals surface area (Å²) in [5.74, 6) is 0.565. The molecule has 0 aromatic carbocycles. The van der Waals surface area contributed by atoms with Crippen molar-refractivity contribution in [1.29, 1.82) is 0 Å². The van der Waals surface area contributed by atoms with Crippen LogP contribution in [0.25, 0.3) is 11.0 Å². The first-order valence-electron chi connectivity index (χ1n) is 13.4. The Morgan fingerprint density at radius 3 is 2.59 bits per heavy atom. The van der Waals surface area contributed by atoms with Crippen molar-refractivity contribution < 1.29 is 13.9 Å². The van der Waals surface area contributed by atoms with Gasteiger partial charge in [0.05, 0.1) is 17.5 Å². The first-order chi connectivity index (χ1) is 17.6. The summed E-state index contributed by atoms with van der Waals surface area (Å²) in [5, 5.41) is 26.0. The topological polar surface area (TPSA) is 107 Å². The number of aromatic nitrogens is 5. The Hall–Kier alpha value is -2.79. The van der Waals surface area contributed by atoms with Crippen LogP contribution in [0.15, 0.2) is 18.3 Å². The molecule has 9 nitrogen and oxygen atoms in total. The van der Waals surface area contributed by atoms with Gasteiger partial charge in [-0.05, 0) is 69.9 Å². The number of alkyl halides is 2. The van der Waals surface area contributed by atoms with Crippen LogP contribution in [-0.2, 0) is 6.54 Å². The van der Waals surface area contributed by atoms with Gasteiger partial charge in [-0.25, -0.2) is 8.78 Å². The smallest absolute Gasteiger partial charge is 0.262 e. The summed E-state index contributed by atoms with van der Waals surface area (Å²) in [6.45, 7) is 2.14. The Morgan fingerprint density at radius 2 is 1.95 bits per heavy atom. The maximum Gasteiger partial charge on any atom is 0.262 e. The minimum Gasteiger partial charge on any atom is -0.390 e. The van der Waals surface area contributed by atoms with Crippen LogP contribution in [0.1, 0.15) is 44.2 Å². The average Bonchev–Trinajstić information content (AvgIpc) is 3.47. The highest BCUT2D eigenvalue weighted by Crippen LogP contribution is 2.56. The molecule has 11 heteroatoms. The van der Waals surface area contributed by atoms with Crippen molar-refractivity contribution in [1.82, 2.24) is 29.6 Å². The van der Waals surface area contributed by atoms with Crippen molar-refractivity contribution in [3.05, 3.63) is 24.0 Å². The molecule has 0 spiro atoms. The van der Waals surface area contributed by atoms with Crippen LogP contribution in [0, 0.1) is 24.7 Å². The number of likely N-dealkylation sites (tertiary alicyclic amines) is 1. The number of aliphatic hydroxyl groups is 1. The van der Waals surface area contributed by atoms with Crippen LogP contribution in [0.5, 0.6) is 0 Å². The zero-order valence-electron chi connectivity index (χ0n) is 21.2. The van der Waals surface area contributed by atoms with E-state index < -0.39 is 11.5 Å². The van der Waals surface area contributed by atoms with Gasteiger partial charge in [-0.3, -0.25) is 10.00 Å². The molecule has 1 saturated heterocycles. The predicted molar refractivity (Wildman–Crippen MR) is 136 cm³/mol. The number of nitrogens with one attached hydrogen (secondary N) is 3. The predicted octanol–water partition coefficient (Wildman–Crippen LogP) is 3.90. The Bertz CT molecular complexity index is 1320. The molecule has 198 valence electrons. The van der Waals surface area contributed by atoms with Gasteiger partial charge < -0.3 is 20.3 Å². The van der Waals surface area contributed by atoms with E-state index in [0.717, 1.165) is 43.2 Å². The maximum atomic E-state index is 14.1. The van der Waals surface area contributed by atoms with Crippen LogP contribution >= 0.6 is 0 Å². The largest absolute Gasteiger partial charge is 0.390 e. The van der Waals surface area contributed by atoms with Crippen LogP contribution in [0.2, 0.25) is 0 Å². The molecule has 3 aromatic rings. The highest BCUT2D eigenvalue weighted by atomic mass is 19.3. The molecule has 37 heavy (non-hydrogen) atoms. The number of fused-ring (bicyclic) bond motifs is 1. The normalized spacial score (nSPS) is 34.5. The SMILES string of the molecule is Cc1cc(Nc2nc(NC3C4CC5CC3CC(O)(C5)C4)nc3c2ccn3CC2CC(F)(F)CN2C)n[nH]1. The number of aromatic amines is 1. The van der Waals surface area contributed by atoms with Crippen molar-refractivity contribution in [3.63, 3.8) is 0 Å². The molecule has 3 atom stereocenters. The van der Waals surface area contributed by atoms with E-state index in [1.807, 2.05) is 29.8 Å². The molecule has 0 radical (unpaired) electrons. The lowest BCUT2D eigenvalue weighted by Crippen LogP contribution is -2.59. The molecule has 4 saturated carbocycles. The molecule has 0 amide bonds. The number of rotatable bonds is 6. The zero-order valence-corrected chi connectivity index (χ0v) is 21.2.